The van der Waals surface area contributed by atoms with Gasteiger partial charge in [0.15, 0.2) is 5.13 Å². The van der Waals surface area contributed by atoms with E-state index in [0.29, 0.717) is 5.13 Å². The van der Waals surface area contributed by atoms with Crippen LogP contribution in [-0.4, -0.2) is 4.98 Å². The van der Waals surface area contributed by atoms with Gasteiger partial charge < -0.3 is 5.73 Å². The number of rotatable bonds is 2. The van der Waals surface area contributed by atoms with E-state index in [-0.39, 0.29) is 0 Å². The molecule has 0 atom stereocenters. The lowest BCUT2D eigenvalue weighted by atomic mass is 10.2. The third-order valence-electron chi connectivity index (χ3n) is 1.85. The lowest BCUT2D eigenvalue weighted by molar-refractivity contribution is 1.39. The Morgan fingerprint density at radius 3 is 2.79 bits per heavy atom. The molecule has 0 saturated heterocycles. The summed E-state index contributed by atoms with van der Waals surface area (Å²) in [6.45, 7) is 2.10. The van der Waals surface area contributed by atoms with Gasteiger partial charge in [-0.2, -0.15) is 0 Å². The molecule has 2 nitrogen and oxygen atoms in total. The van der Waals surface area contributed by atoms with Crippen molar-refractivity contribution < 1.29 is 0 Å². The van der Waals surface area contributed by atoms with Crippen LogP contribution in [0, 0.1) is 6.92 Å². The average Bonchev–Trinajstić information content (AvgIpc) is 2.72. The molecule has 0 aliphatic carbocycles. The maximum Gasteiger partial charge on any atom is 0.180 e. The van der Waals surface area contributed by atoms with Gasteiger partial charge in [0.05, 0.1) is 5.69 Å². The van der Waals surface area contributed by atoms with E-state index in [1.807, 2.05) is 11.5 Å². The van der Waals surface area contributed by atoms with Crippen LogP contribution in [0.5, 0.6) is 0 Å². The van der Waals surface area contributed by atoms with Crippen molar-refractivity contribution in [2.24, 2.45) is 0 Å². The first-order valence-electron chi connectivity index (χ1n) is 4.19. The highest BCUT2D eigenvalue weighted by Gasteiger charge is 1.96. The number of hydrogen-bond acceptors (Lipinski definition) is 4. The summed E-state index contributed by atoms with van der Waals surface area (Å²) in [5.74, 6) is 0. The standard InChI is InChI=1S/C10H10N2S2/c1-7-4-5-13-9(7)3-2-8-6-14-10(11)12-8/h2-6H,1H3,(H2,11,12). The highest BCUT2D eigenvalue weighted by Crippen LogP contribution is 2.19. The van der Waals surface area contributed by atoms with Crippen molar-refractivity contribution in [1.29, 1.82) is 0 Å². The monoisotopic (exact) mass is 222 g/mol. The highest BCUT2D eigenvalue weighted by atomic mass is 32.1. The van der Waals surface area contributed by atoms with Crippen molar-refractivity contribution in [2.45, 2.75) is 6.92 Å². The number of aryl methyl sites for hydroxylation is 1. The summed E-state index contributed by atoms with van der Waals surface area (Å²) >= 11 is 3.20. The van der Waals surface area contributed by atoms with Crippen LogP contribution in [0.1, 0.15) is 16.1 Å². The SMILES string of the molecule is Cc1ccsc1C=Cc1csc(N)n1. The smallest absolute Gasteiger partial charge is 0.180 e. The normalized spacial score (nSPS) is 11.2. The van der Waals surface area contributed by atoms with Crippen molar-refractivity contribution in [3.05, 3.63) is 33.0 Å². The van der Waals surface area contributed by atoms with Gasteiger partial charge in [0.1, 0.15) is 0 Å². The number of nitrogens with zero attached hydrogens (tertiary/aromatic N) is 1. The third kappa shape index (κ3) is 2.02. The van der Waals surface area contributed by atoms with E-state index < -0.39 is 0 Å². The summed E-state index contributed by atoms with van der Waals surface area (Å²) < 4.78 is 0. The molecule has 0 amide bonds. The van der Waals surface area contributed by atoms with Crippen LogP contribution in [0.15, 0.2) is 16.8 Å². The van der Waals surface area contributed by atoms with Crippen molar-refractivity contribution in [2.75, 3.05) is 5.73 Å². The number of nitrogens with two attached hydrogens (primary N) is 1. The van der Waals surface area contributed by atoms with E-state index in [9.17, 15) is 0 Å². The Kier molecular flexibility index (Phi) is 2.65. The Bertz CT molecular complexity index is 454. The molecule has 0 aliphatic heterocycles. The Morgan fingerprint density at radius 2 is 2.21 bits per heavy atom. The molecule has 2 aromatic rings. The van der Waals surface area contributed by atoms with Gasteiger partial charge in [-0.1, -0.05) is 0 Å². The Balaban J connectivity index is 2.19. The van der Waals surface area contributed by atoms with Crippen molar-refractivity contribution >= 4 is 40.0 Å². The van der Waals surface area contributed by atoms with Crippen molar-refractivity contribution in [3.8, 4) is 0 Å². The second-order valence-electron chi connectivity index (χ2n) is 2.91. The zero-order valence-electron chi connectivity index (χ0n) is 7.73. The van der Waals surface area contributed by atoms with Crippen LogP contribution in [-0.2, 0) is 0 Å². The molecular weight excluding hydrogens is 212 g/mol. The second kappa shape index (κ2) is 3.94. The van der Waals surface area contributed by atoms with Crippen LogP contribution in [0.2, 0.25) is 0 Å². The van der Waals surface area contributed by atoms with Gasteiger partial charge in [-0.05, 0) is 36.1 Å². The van der Waals surface area contributed by atoms with E-state index in [0.717, 1.165) is 5.69 Å². The maximum atomic E-state index is 5.53. The summed E-state index contributed by atoms with van der Waals surface area (Å²) in [7, 11) is 0. The number of anilines is 1. The molecular formula is C10H10N2S2. The number of nitrogen functional groups attached to an aromatic ring is 1. The molecule has 0 aliphatic rings. The lowest BCUT2D eigenvalue weighted by Crippen LogP contribution is -1.80. The van der Waals surface area contributed by atoms with Crippen molar-refractivity contribution in [1.82, 2.24) is 4.98 Å². The van der Waals surface area contributed by atoms with Crippen molar-refractivity contribution in [3.63, 3.8) is 0 Å². The minimum Gasteiger partial charge on any atom is -0.375 e. The molecule has 72 valence electrons. The molecule has 0 aromatic carbocycles. The van der Waals surface area contributed by atoms with Crippen LogP contribution >= 0.6 is 22.7 Å². The molecule has 0 fully saturated rings. The molecule has 0 bridgehead atoms. The quantitative estimate of drug-likeness (QED) is 0.847. The average molecular weight is 222 g/mol. The summed E-state index contributed by atoms with van der Waals surface area (Å²) in [5, 5.41) is 4.66. The minimum absolute atomic E-state index is 0.618. The van der Waals surface area contributed by atoms with Crippen LogP contribution in [0.25, 0.3) is 12.2 Å². The Morgan fingerprint density at radius 1 is 1.36 bits per heavy atom. The van der Waals surface area contributed by atoms with Gasteiger partial charge in [0.2, 0.25) is 0 Å². The summed E-state index contributed by atoms with van der Waals surface area (Å²) in [6, 6.07) is 2.11. The Hall–Kier alpha value is -1.13. The molecule has 0 radical (unpaired) electrons. The fourth-order valence-corrected chi connectivity index (χ4v) is 2.44. The predicted molar refractivity (Wildman–Crippen MR) is 64.5 cm³/mol. The molecule has 0 saturated carbocycles. The summed E-state index contributed by atoms with van der Waals surface area (Å²) in [6.07, 6.45) is 4.07. The third-order valence-corrected chi connectivity index (χ3v) is 3.52. The fraction of sp³-hybridized carbons (Fsp3) is 0.100. The Labute approximate surface area is 90.7 Å². The molecule has 2 N–H and O–H groups in total. The fourth-order valence-electron chi connectivity index (χ4n) is 1.09. The zero-order chi connectivity index (χ0) is 9.97. The highest BCUT2D eigenvalue weighted by molar-refractivity contribution is 7.13. The topological polar surface area (TPSA) is 38.9 Å². The first-order chi connectivity index (χ1) is 6.75. The number of hydrogen-bond donors (Lipinski definition) is 1. The van der Waals surface area contributed by atoms with Gasteiger partial charge >= 0.3 is 0 Å². The molecule has 0 unspecified atom stereocenters. The first kappa shape index (κ1) is 9.43. The van der Waals surface area contributed by atoms with E-state index in [2.05, 4.69) is 29.4 Å². The van der Waals surface area contributed by atoms with E-state index in [4.69, 9.17) is 5.73 Å². The van der Waals surface area contributed by atoms with E-state index >= 15 is 0 Å². The lowest BCUT2D eigenvalue weighted by Gasteiger charge is -1.87. The first-order valence-corrected chi connectivity index (χ1v) is 5.95. The molecule has 2 rings (SSSR count). The van der Waals surface area contributed by atoms with Crippen LogP contribution < -0.4 is 5.73 Å². The van der Waals surface area contributed by atoms with Gasteiger partial charge in [0, 0.05) is 10.3 Å². The maximum absolute atomic E-state index is 5.53. The molecule has 14 heavy (non-hydrogen) atoms. The molecule has 0 spiro atoms. The minimum atomic E-state index is 0.618. The second-order valence-corrected chi connectivity index (χ2v) is 4.75. The predicted octanol–water partition coefficient (Wildman–Crippen LogP) is 3.27. The number of aromatic nitrogens is 1. The number of thiazole rings is 1. The van der Waals surface area contributed by atoms with E-state index in [1.165, 1.54) is 21.8 Å². The van der Waals surface area contributed by atoms with Crippen LogP contribution in [0.3, 0.4) is 0 Å². The van der Waals surface area contributed by atoms with Gasteiger partial charge in [0.25, 0.3) is 0 Å². The summed E-state index contributed by atoms with van der Waals surface area (Å²) in [5.41, 5.74) is 7.76. The number of thiophene rings is 1. The van der Waals surface area contributed by atoms with Gasteiger partial charge in [-0.25, -0.2) is 4.98 Å². The molecule has 4 heteroatoms. The van der Waals surface area contributed by atoms with E-state index in [1.54, 1.807) is 11.3 Å². The summed E-state index contributed by atoms with van der Waals surface area (Å²) in [4.78, 5) is 5.43. The zero-order valence-corrected chi connectivity index (χ0v) is 9.36. The van der Waals surface area contributed by atoms with Crippen LogP contribution in [0.4, 0.5) is 5.13 Å². The largest absolute Gasteiger partial charge is 0.375 e. The van der Waals surface area contributed by atoms with Gasteiger partial charge in [-0.15, -0.1) is 22.7 Å². The molecule has 2 aromatic heterocycles. The van der Waals surface area contributed by atoms with Gasteiger partial charge in [-0.3, -0.25) is 0 Å². The molecule has 2 heterocycles.